The fourth-order valence-electron chi connectivity index (χ4n) is 3.52. The lowest BCUT2D eigenvalue weighted by atomic mass is 9.83. The molecule has 0 aliphatic heterocycles. The van der Waals surface area contributed by atoms with E-state index in [9.17, 15) is 0 Å². The highest BCUT2D eigenvalue weighted by Crippen LogP contribution is 2.38. The molecule has 2 unspecified atom stereocenters. The SMILES string of the molecule is COCCN(C1CC1)C1CCc2ccc(OC)cc2C1N. The minimum Gasteiger partial charge on any atom is -0.497 e. The number of nitrogens with zero attached hydrogens (tertiary/aromatic N) is 1. The van der Waals surface area contributed by atoms with E-state index < -0.39 is 0 Å². The quantitative estimate of drug-likeness (QED) is 0.872. The van der Waals surface area contributed by atoms with Gasteiger partial charge in [0.2, 0.25) is 0 Å². The van der Waals surface area contributed by atoms with Crippen molar-refractivity contribution in [2.45, 2.75) is 43.8 Å². The number of fused-ring (bicyclic) bond motifs is 1. The van der Waals surface area contributed by atoms with E-state index in [2.05, 4.69) is 17.0 Å². The van der Waals surface area contributed by atoms with Gasteiger partial charge in [-0.25, -0.2) is 0 Å². The Morgan fingerprint density at radius 1 is 1.24 bits per heavy atom. The van der Waals surface area contributed by atoms with E-state index in [1.54, 1.807) is 14.2 Å². The molecule has 4 nitrogen and oxygen atoms in total. The summed E-state index contributed by atoms with van der Waals surface area (Å²) in [5.41, 5.74) is 9.25. The summed E-state index contributed by atoms with van der Waals surface area (Å²) in [5.74, 6) is 0.903. The van der Waals surface area contributed by atoms with Crippen molar-refractivity contribution in [1.82, 2.24) is 4.90 Å². The standard InChI is InChI=1S/C17H26N2O2/c1-20-10-9-19(13-5-6-13)16-8-4-12-3-7-14(21-2)11-15(12)17(16)18/h3,7,11,13,16-17H,4-6,8-10,18H2,1-2H3. The maximum absolute atomic E-state index is 6.61. The van der Waals surface area contributed by atoms with Crippen molar-refractivity contribution in [3.8, 4) is 5.75 Å². The van der Waals surface area contributed by atoms with Crippen LogP contribution in [0.5, 0.6) is 5.75 Å². The number of rotatable bonds is 6. The molecule has 1 aromatic rings. The lowest BCUT2D eigenvalue weighted by Crippen LogP contribution is -2.47. The van der Waals surface area contributed by atoms with Gasteiger partial charge in [-0.3, -0.25) is 4.90 Å². The van der Waals surface area contributed by atoms with Gasteiger partial charge in [-0.2, -0.15) is 0 Å². The largest absolute Gasteiger partial charge is 0.497 e. The lowest BCUT2D eigenvalue weighted by Gasteiger charge is -2.39. The highest BCUT2D eigenvalue weighted by Gasteiger charge is 2.38. The van der Waals surface area contributed by atoms with Gasteiger partial charge in [-0.15, -0.1) is 0 Å². The topological polar surface area (TPSA) is 47.7 Å². The molecule has 1 saturated carbocycles. The molecule has 0 amide bonds. The minimum absolute atomic E-state index is 0.0707. The van der Waals surface area contributed by atoms with Crippen LogP contribution in [0, 0.1) is 0 Å². The molecule has 4 heteroatoms. The van der Waals surface area contributed by atoms with E-state index in [4.69, 9.17) is 15.2 Å². The number of benzene rings is 1. The summed E-state index contributed by atoms with van der Waals surface area (Å²) in [6, 6.07) is 7.53. The molecule has 2 aliphatic carbocycles. The summed E-state index contributed by atoms with van der Waals surface area (Å²) < 4.78 is 10.6. The molecule has 2 aliphatic rings. The molecule has 0 spiro atoms. The molecular formula is C17H26N2O2. The van der Waals surface area contributed by atoms with Crippen molar-refractivity contribution in [2.75, 3.05) is 27.4 Å². The van der Waals surface area contributed by atoms with Crippen LogP contribution in [-0.2, 0) is 11.2 Å². The Morgan fingerprint density at radius 3 is 2.71 bits per heavy atom. The molecule has 1 aromatic carbocycles. The van der Waals surface area contributed by atoms with Gasteiger partial charge in [-0.05, 0) is 48.9 Å². The van der Waals surface area contributed by atoms with Crippen LogP contribution in [0.2, 0.25) is 0 Å². The number of ether oxygens (including phenoxy) is 2. The number of nitrogens with two attached hydrogens (primary N) is 1. The van der Waals surface area contributed by atoms with Crippen molar-refractivity contribution < 1.29 is 9.47 Å². The zero-order valence-corrected chi connectivity index (χ0v) is 13.0. The van der Waals surface area contributed by atoms with Crippen LogP contribution in [0.4, 0.5) is 0 Å². The van der Waals surface area contributed by atoms with E-state index >= 15 is 0 Å². The van der Waals surface area contributed by atoms with Gasteiger partial charge in [0.15, 0.2) is 0 Å². The van der Waals surface area contributed by atoms with Crippen LogP contribution in [0.1, 0.15) is 36.4 Å². The monoisotopic (exact) mass is 290 g/mol. The van der Waals surface area contributed by atoms with E-state index in [0.29, 0.717) is 12.1 Å². The van der Waals surface area contributed by atoms with E-state index in [-0.39, 0.29) is 6.04 Å². The summed E-state index contributed by atoms with van der Waals surface area (Å²) in [4.78, 5) is 2.58. The van der Waals surface area contributed by atoms with Crippen LogP contribution in [0.3, 0.4) is 0 Å². The normalized spacial score (nSPS) is 25.0. The maximum Gasteiger partial charge on any atom is 0.119 e. The Morgan fingerprint density at radius 2 is 2.05 bits per heavy atom. The molecule has 21 heavy (non-hydrogen) atoms. The van der Waals surface area contributed by atoms with Crippen molar-refractivity contribution in [3.63, 3.8) is 0 Å². The maximum atomic E-state index is 6.61. The number of hydrogen-bond donors (Lipinski definition) is 1. The van der Waals surface area contributed by atoms with E-state index in [1.165, 1.54) is 24.0 Å². The van der Waals surface area contributed by atoms with Gasteiger partial charge in [-0.1, -0.05) is 6.07 Å². The summed E-state index contributed by atoms with van der Waals surface area (Å²) in [7, 11) is 3.48. The molecule has 0 bridgehead atoms. The Bertz CT molecular complexity index is 488. The summed E-state index contributed by atoms with van der Waals surface area (Å²) >= 11 is 0. The first kappa shape index (κ1) is 14.8. The first-order valence-corrected chi connectivity index (χ1v) is 7.91. The second-order valence-electron chi connectivity index (χ2n) is 6.16. The Balaban J connectivity index is 1.80. The third-order valence-corrected chi connectivity index (χ3v) is 4.83. The summed E-state index contributed by atoms with van der Waals surface area (Å²) in [5, 5.41) is 0. The highest BCUT2D eigenvalue weighted by atomic mass is 16.5. The fraction of sp³-hybridized carbons (Fsp3) is 0.647. The molecular weight excluding hydrogens is 264 g/mol. The Hall–Kier alpha value is -1.10. The molecule has 2 atom stereocenters. The first-order chi connectivity index (χ1) is 10.2. The van der Waals surface area contributed by atoms with Gasteiger partial charge in [0.1, 0.15) is 5.75 Å². The predicted molar refractivity (Wildman–Crippen MR) is 83.6 cm³/mol. The van der Waals surface area contributed by atoms with E-state index in [1.807, 2.05) is 6.07 Å². The minimum atomic E-state index is 0.0707. The Kier molecular flexibility index (Phi) is 4.48. The van der Waals surface area contributed by atoms with Crippen molar-refractivity contribution in [3.05, 3.63) is 29.3 Å². The summed E-state index contributed by atoms with van der Waals surface area (Å²) in [6.45, 7) is 1.77. The van der Waals surface area contributed by atoms with Gasteiger partial charge >= 0.3 is 0 Å². The average Bonchev–Trinajstić information content (AvgIpc) is 3.34. The molecule has 0 aromatic heterocycles. The molecule has 0 heterocycles. The van der Waals surface area contributed by atoms with Gasteiger partial charge in [0, 0.05) is 31.8 Å². The molecule has 116 valence electrons. The van der Waals surface area contributed by atoms with Crippen LogP contribution in [0.25, 0.3) is 0 Å². The summed E-state index contributed by atoms with van der Waals surface area (Å²) in [6.07, 6.45) is 4.85. The van der Waals surface area contributed by atoms with Crippen molar-refractivity contribution in [1.29, 1.82) is 0 Å². The second kappa shape index (κ2) is 6.34. The second-order valence-corrected chi connectivity index (χ2v) is 6.16. The van der Waals surface area contributed by atoms with Gasteiger partial charge in [0.25, 0.3) is 0 Å². The molecule has 1 fully saturated rings. The number of methoxy groups -OCH3 is 2. The smallest absolute Gasteiger partial charge is 0.119 e. The zero-order valence-electron chi connectivity index (χ0n) is 13.0. The third-order valence-electron chi connectivity index (χ3n) is 4.83. The highest BCUT2D eigenvalue weighted by molar-refractivity contribution is 5.40. The predicted octanol–water partition coefficient (Wildman–Crippen LogP) is 2.12. The lowest BCUT2D eigenvalue weighted by molar-refractivity contribution is 0.0945. The number of hydrogen-bond acceptors (Lipinski definition) is 4. The van der Waals surface area contributed by atoms with Crippen molar-refractivity contribution in [2.24, 2.45) is 5.73 Å². The number of aryl methyl sites for hydroxylation is 1. The first-order valence-electron chi connectivity index (χ1n) is 7.91. The van der Waals surface area contributed by atoms with Crippen LogP contribution in [0.15, 0.2) is 18.2 Å². The van der Waals surface area contributed by atoms with Gasteiger partial charge < -0.3 is 15.2 Å². The van der Waals surface area contributed by atoms with E-state index in [0.717, 1.165) is 31.7 Å². The van der Waals surface area contributed by atoms with Crippen molar-refractivity contribution >= 4 is 0 Å². The third kappa shape index (κ3) is 3.07. The Labute approximate surface area is 127 Å². The van der Waals surface area contributed by atoms with Gasteiger partial charge in [0.05, 0.1) is 13.7 Å². The van der Waals surface area contributed by atoms with Crippen LogP contribution >= 0.6 is 0 Å². The molecule has 0 saturated heterocycles. The molecule has 0 radical (unpaired) electrons. The van der Waals surface area contributed by atoms with Crippen LogP contribution < -0.4 is 10.5 Å². The fourth-order valence-corrected chi connectivity index (χ4v) is 3.52. The van der Waals surface area contributed by atoms with Crippen LogP contribution in [-0.4, -0.2) is 44.4 Å². The molecule has 3 rings (SSSR count). The average molecular weight is 290 g/mol. The molecule has 2 N–H and O–H groups in total. The zero-order chi connectivity index (χ0) is 14.8.